The Morgan fingerprint density at radius 1 is 1.67 bits per heavy atom. The molecule has 1 aliphatic rings. The van der Waals surface area contributed by atoms with Crippen molar-refractivity contribution in [1.82, 2.24) is 4.90 Å². The van der Waals surface area contributed by atoms with Crippen LogP contribution in [0.1, 0.15) is 12.8 Å². The molecule has 0 aliphatic carbocycles. The van der Waals surface area contributed by atoms with Crippen LogP contribution < -0.4 is 0 Å². The number of halogens is 2. The second kappa shape index (κ2) is 5.32. The third-order valence-corrected chi connectivity index (χ3v) is 1.86. The molecule has 0 spiro atoms. The number of aliphatic carboxylic acids is 1. The molecule has 5 heteroatoms. The highest BCUT2D eigenvalue weighted by Gasteiger charge is 2.21. The topological polar surface area (TPSA) is 40.5 Å². The number of carboxylic acids is 1. The monoisotopic (exact) mass is 197 g/mol. The van der Waals surface area contributed by atoms with E-state index < -0.39 is 12.1 Å². The van der Waals surface area contributed by atoms with Crippen molar-refractivity contribution in [3.05, 3.63) is 0 Å². The molecule has 0 saturated carbocycles. The Hall–Kier alpha value is -0.350. The van der Waals surface area contributed by atoms with Crippen molar-refractivity contribution in [3.63, 3.8) is 0 Å². The normalized spacial score (nSPS) is 23.6. The lowest BCUT2D eigenvalue weighted by molar-refractivity contribution is -0.137. The second-order valence-electron chi connectivity index (χ2n) is 2.83. The Labute approximate surface area is 77.0 Å². The van der Waals surface area contributed by atoms with Crippen LogP contribution in [0.3, 0.4) is 0 Å². The van der Waals surface area contributed by atoms with Crippen molar-refractivity contribution in [3.8, 4) is 0 Å². The van der Waals surface area contributed by atoms with Gasteiger partial charge in [-0.2, -0.15) is 0 Å². The molecule has 1 aliphatic heterocycles. The van der Waals surface area contributed by atoms with Crippen molar-refractivity contribution < 1.29 is 14.3 Å². The highest BCUT2D eigenvalue weighted by Crippen LogP contribution is 2.11. The largest absolute Gasteiger partial charge is 0.481 e. The summed E-state index contributed by atoms with van der Waals surface area (Å²) in [4.78, 5) is 12.0. The van der Waals surface area contributed by atoms with Crippen LogP contribution in [0.4, 0.5) is 4.39 Å². The first-order chi connectivity index (χ1) is 5.18. The van der Waals surface area contributed by atoms with Gasteiger partial charge in [0, 0.05) is 19.6 Å². The SMILES string of the molecule is Cl.O=C(O)CCN1CCC(F)C1. The molecular formula is C7H13ClFNO2. The molecule has 1 saturated heterocycles. The van der Waals surface area contributed by atoms with Crippen LogP contribution in [0.15, 0.2) is 0 Å². The third-order valence-electron chi connectivity index (χ3n) is 1.86. The molecular weight excluding hydrogens is 185 g/mol. The molecule has 72 valence electrons. The molecule has 12 heavy (non-hydrogen) atoms. The van der Waals surface area contributed by atoms with Crippen LogP contribution >= 0.6 is 12.4 Å². The number of carboxylic acid groups (broad SMARTS) is 1. The summed E-state index contributed by atoms with van der Waals surface area (Å²) in [5.74, 6) is -0.813. The summed E-state index contributed by atoms with van der Waals surface area (Å²) in [6.07, 6.45) is -0.0735. The lowest BCUT2D eigenvalue weighted by Crippen LogP contribution is -2.24. The van der Waals surface area contributed by atoms with E-state index in [1.54, 1.807) is 0 Å². The van der Waals surface area contributed by atoms with Crippen molar-refractivity contribution in [2.45, 2.75) is 19.0 Å². The molecule has 1 atom stereocenters. The van der Waals surface area contributed by atoms with Crippen LogP contribution in [0.25, 0.3) is 0 Å². The molecule has 0 amide bonds. The molecule has 3 nitrogen and oxygen atoms in total. The van der Waals surface area contributed by atoms with Crippen LogP contribution in [-0.2, 0) is 4.79 Å². The number of likely N-dealkylation sites (tertiary alicyclic amines) is 1. The van der Waals surface area contributed by atoms with Gasteiger partial charge in [0.1, 0.15) is 6.17 Å². The number of alkyl halides is 1. The lowest BCUT2D eigenvalue weighted by Gasteiger charge is -2.11. The standard InChI is InChI=1S/C7H12FNO2.ClH/c8-6-1-3-9(5-6)4-2-7(10)11;/h6H,1-5H2,(H,10,11);1H. The summed E-state index contributed by atoms with van der Waals surface area (Å²) in [7, 11) is 0. The average molecular weight is 198 g/mol. The molecule has 0 bridgehead atoms. The summed E-state index contributed by atoms with van der Waals surface area (Å²) in [5.41, 5.74) is 0. The van der Waals surface area contributed by atoms with Gasteiger partial charge in [-0.05, 0) is 6.42 Å². The predicted molar refractivity (Wildman–Crippen MR) is 45.5 cm³/mol. The minimum Gasteiger partial charge on any atom is -0.481 e. The third kappa shape index (κ3) is 3.88. The smallest absolute Gasteiger partial charge is 0.304 e. The van der Waals surface area contributed by atoms with E-state index in [2.05, 4.69) is 0 Å². The molecule has 1 rings (SSSR count). The summed E-state index contributed by atoms with van der Waals surface area (Å²) >= 11 is 0. The number of hydrogen-bond donors (Lipinski definition) is 1. The molecule has 0 radical (unpaired) electrons. The van der Waals surface area contributed by atoms with E-state index in [0.29, 0.717) is 26.1 Å². The first-order valence-electron chi connectivity index (χ1n) is 3.76. The average Bonchev–Trinajstić information content (AvgIpc) is 2.31. The van der Waals surface area contributed by atoms with Gasteiger partial charge < -0.3 is 5.11 Å². The van der Waals surface area contributed by atoms with Crippen molar-refractivity contribution in [1.29, 1.82) is 0 Å². The Balaban J connectivity index is 0.00000121. The fraction of sp³-hybridized carbons (Fsp3) is 0.857. The Kier molecular flexibility index (Phi) is 5.17. The van der Waals surface area contributed by atoms with Gasteiger partial charge in [-0.1, -0.05) is 0 Å². The zero-order chi connectivity index (χ0) is 8.27. The quantitative estimate of drug-likeness (QED) is 0.732. The Morgan fingerprint density at radius 3 is 2.75 bits per heavy atom. The minimum atomic E-state index is -0.813. The number of nitrogens with zero attached hydrogens (tertiary/aromatic N) is 1. The van der Waals surface area contributed by atoms with E-state index in [1.165, 1.54) is 0 Å². The Morgan fingerprint density at radius 2 is 2.33 bits per heavy atom. The van der Waals surface area contributed by atoms with Gasteiger partial charge in [0.25, 0.3) is 0 Å². The molecule has 0 aromatic heterocycles. The van der Waals surface area contributed by atoms with Crippen LogP contribution in [0, 0.1) is 0 Å². The van der Waals surface area contributed by atoms with E-state index in [4.69, 9.17) is 5.11 Å². The zero-order valence-corrected chi connectivity index (χ0v) is 7.52. The maximum Gasteiger partial charge on any atom is 0.304 e. The predicted octanol–water partition coefficient (Wildman–Crippen LogP) is 0.927. The van der Waals surface area contributed by atoms with E-state index in [1.807, 2.05) is 4.90 Å². The summed E-state index contributed by atoms with van der Waals surface area (Å²) in [6.45, 7) is 1.59. The van der Waals surface area contributed by atoms with Crippen LogP contribution in [0.5, 0.6) is 0 Å². The van der Waals surface area contributed by atoms with Gasteiger partial charge >= 0.3 is 5.97 Å². The molecule has 0 aromatic carbocycles. The van der Waals surface area contributed by atoms with E-state index in [0.717, 1.165) is 0 Å². The van der Waals surface area contributed by atoms with Gasteiger partial charge in [-0.25, -0.2) is 4.39 Å². The van der Waals surface area contributed by atoms with Gasteiger partial charge in [-0.15, -0.1) is 12.4 Å². The van der Waals surface area contributed by atoms with Gasteiger partial charge in [0.05, 0.1) is 6.42 Å². The fourth-order valence-electron chi connectivity index (χ4n) is 1.24. The van der Waals surface area contributed by atoms with Gasteiger partial charge in [0.15, 0.2) is 0 Å². The van der Waals surface area contributed by atoms with E-state index in [-0.39, 0.29) is 18.8 Å². The number of rotatable bonds is 3. The highest BCUT2D eigenvalue weighted by atomic mass is 35.5. The Bertz CT molecular complexity index is 156. The summed E-state index contributed by atoms with van der Waals surface area (Å²) in [6, 6.07) is 0. The lowest BCUT2D eigenvalue weighted by atomic mass is 10.3. The highest BCUT2D eigenvalue weighted by molar-refractivity contribution is 5.85. The second-order valence-corrected chi connectivity index (χ2v) is 2.83. The number of carbonyl (C=O) groups is 1. The molecule has 1 N–H and O–H groups in total. The molecule has 1 fully saturated rings. The fourth-order valence-corrected chi connectivity index (χ4v) is 1.24. The number of hydrogen-bond acceptors (Lipinski definition) is 2. The van der Waals surface area contributed by atoms with Crippen molar-refractivity contribution >= 4 is 18.4 Å². The van der Waals surface area contributed by atoms with E-state index >= 15 is 0 Å². The van der Waals surface area contributed by atoms with Crippen molar-refractivity contribution in [2.75, 3.05) is 19.6 Å². The molecule has 1 heterocycles. The van der Waals surface area contributed by atoms with Gasteiger partial charge in [-0.3, -0.25) is 9.69 Å². The molecule has 0 aromatic rings. The minimum absolute atomic E-state index is 0. The zero-order valence-electron chi connectivity index (χ0n) is 6.70. The summed E-state index contributed by atoms with van der Waals surface area (Å²) in [5, 5.41) is 8.32. The van der Waals surface area contributed by atoms with E-state index in [9.17, 15) is 9.18 Å². The van der Waals surface area contributed by atoms with Gasteiger partial charge in [0.2, 0.25) is 0 Å². The first-order valence-corrected chi connectivity index (χ1v) is 3.76. The maximum absolute atomic E-state index is 12.5. The van der Waals surface area contributed by atoms with Crippen molar-refractivity contribution in [2.24, 2.45) is 0 Å². The molecule has 1 unspecified atom stereocenters. The summed E-state index contributed by atoms with van der Waals surface area (Å²) < 4.78 is 12.5. The van der Waals surface area contributed by atoms with Crippen LogP contribution in [0.2, 0.25) is 0 Å². The maximum atomic E-state index is 12.5. The van der Waals surface area contributed by atoms with Crippen LogP contribution in [-0.4, -0.2) is 41.8 Å². The first kappa shape index (κ1) is 11.6.